The van der Waals surface area contributed by atoms with Crippen LogP contribution in [0.4, 0.5) is 0 Å². The number of rotatable bonds is 0. The van der Waals surface area contributed by atoms with Crippen LogP contribution in [0.25, 0.3) is 0 Å². The van der Waals surface area contributed by atoms with E-state index in [9.17, 15) is 4.79 Å². The van der Waals surface area contributed by atoms with Crippen LogP contribution < -0.4 is 0 Å². The molecule has 0 aliphatic carbocycles. The molecule has 0 unspecified atom stereocenters. The van der Waals surface area contributed by atoms with Gasteiger partial charge >= 0.3 is 0 Å². The third-order valence-electron chi connectivity index (χ3n) is 1.20. The minimum Gasteiger partial charge on any atom is -0.493 e. The summed E-state index contributed by atoms with van der Waals surface area (Å²) < 4.78 is 0. The van der Waals surface area contributed by atoms with Crippen molar-refractivity contribution in [2.45, 2.75) is 0 Å². The van der Waals surface area contributed by atoms with Crippen molar-refractivity contribution in [1.82, 2.24) is 0 Å². The van der Waals surface area contributed by atoms with Crippen molar-refractivity contribution in [3.8, 4) is 11.8 Å². The number of benzene rings is 1. The van der Waals surface area contributed by atoms with E-state index in [0.29, 0.717) is 0 Å². The summed E-state index contributed by atoms with van der Waals surface area (Å²) in [5.41, 5.74) is 0.749. The quantitative estimate of drug-likeness (QED) is 0.351. The first-order chi connectivity index (χ1) is 5.83. The summed E-state index contributed by atoms with van der Waals surface area (Å²) in [6.45, 7) is 0. The van der Waals surface area contributed by atoms with Crippen LogP contribution >= 0.6 is 0 Å². The first-order valence-electron chi connectivity index (χ1n) is 3.34. The van der Waals surface area contributed by atoms with Gasteiger partial charge in [0.15, 0.2) is 5.94 Å². The average molecular weight is 158 g/mol. The van der Waals surface area contributed by atoms with Gasteiger partial charge in [-0.3, -0.25) is 0 Å². The van der Waals surface area contributed by atoms with E-state index in [-0.39, 0.29) is 0 Å². The molecule has 0 fully saturated rings. The third kappa shape index (κ3) is 2.34. The maximum Gasteiger partial charge on any atom is 0.254 e. The van der Waals surface area contributed by atoms with Crippen molar-refractivity contribution in [2.75, 3.05) is 0 Å². The van der Waals surface area contributed by atoms with E-state index >= 15 is 0 Å². The molecule has 0 spiro atoms. The van der Waals surface area contributed by atoms with Crippen molar-refractivity contribution < 1.29 is 9.90 Å². The molecule has 0 aliphatic rings. The van der Waals surface area contributed by atoms with Gasteiger partial charge in [-0.05, 0) is 18.1 Å². The molecule has 2 nitrogen and oxygen atoms in total. The largest absolute Gasteiger partial charge is 0.493 e. The van der Waals surface area contributed by atoms with E-state index in [0.717, 1.165) is 5.56 Å². The van der Waals surface area contributed by atoms with Gasteiger partial charge in [0, 0.05) is 5.56 Å². The van der Waals surface area contributed by atoms with Gasteiger partial charge in [0.05, 0.1) is 0 Å². The Morgan fingerprint density at radius 3 is 2.50 bits per heavy atom. The highest BCUT2D eigenvalue weighted by Gasteiger charge is 1.83. The van der Waals surface area contributed by atoms with Crippen molar-refractivity contribution in [3.63, 3.8) is 0 Å². The van der Waals surface area contributed by atoms with Crippen LogP contribution in [0.1, 0.15) is 5.56 Å². The molecule has 0 radical (unpaired) electrons. The third-order valence-corrected chi connectivity index (χ3v) is 1.20. The Kier molecular flexibility index (Phi) is 2.73. The van der Waals surface area contributed by atoms with Gasteiger partial charge in [0.1, 0.15) is 0 Å². The lowest BCUT2D eigenvalue weighted by Gasteiger charge is -1.84. The Labute approximate surface area is 70.2 Å². The smallest absolute Gasteiger partial charge is 0.254 e. The molecule has 0 heterocycles. The van der Waals surface area contributed by atoms with Crippen LogP contribution in [0, 0.1) is 11.8 Å². The highest BCUT2D eigenvalue weighted by Crippen LogP contribution is 1.94. The molecule has 0 saturated carbocycles. The molecule has 12 heavy (non-hydrogen) atoms. The van der Waals surface area contributed by atoms with Crippen LogP contribution in [0.15, 0.2) is 36.1 Å². The zero-order valence-electron chi connectivity index (χ0n) is 6.24. The van der Waals surface area contributed by atoms with Gasteiger partial charge in [-0.1, -0.05) is 24.1 Å². The lowest BCUT2D eigenvalue weighted by molar-refractivity contribution is 0.437. The van der Waals surface area contributed by atoms with E-state index in [1.165, 1.54) is 5.94 Å². The topological polar surface area (TPSA) is 37.3 Å². The van der Waals surface area contributed by atoms with Crippen LogP contribution in [0.3, 0.4) is 0 Å². The molecule has 2 heteroatoms. The fourth-order valence-corrected chi connectivity index (χ4v) is 0.678. The molecule has 1 aromatic rings. The van der Waals surface area contributed by atoms with Gasteiger partial charge in [-0.25, -0.2) is 4.79 Å². The van der Waals surface area contributed by atoms with Crippen molar-refractivity contribution in [1.29, 1.82) is 0 Å². The predicted molar refractivity (Wildman–Crippen MR) is 45.2 cm³/mol. The normalized spacial score (nSPS) is 7.67. The van der Waals surface area contributed by atoms with E-state index in [4.69, 9.17) is 5.11 Å². The molecular weight excluding hydrogens is 152 g/mol. The maximum absolute atomic E-state index is 9.81. The van der Waals surface area contributed by atoms with Crippen LogP contribution in [-0.4, -0.2) is 11.0 Å². The number of carbonyl (C=O) groups excluding carboxylic acids is 1. The predicted octanol–water partition coefficient (Wildman–Crippen LogP) is 1.31. The molecule has 58 valence electrons. The standard InChI is InChI=1S/C10H6O2/c11-8-10(12)7-6-9-4-2-1-3-5-9/h1-5,12H. The van der Waals surface area contributed by atoms with Crippen molar-refractivity contribution in [2.24, 2.45) is 0 Å². The number of aliphatic hydroxyl groups excluding tert-OH is 1. The molecule has 0 aromatic heterocycles. The summed E-state index contributed by atoms with van der Waals surface area (Å²) in [6, 6.07) is 9.08. The van der Waals surface area contributed by atoms with E-state index in [1.807, 2.05) is 18.2 Å². The highest BCUT2D eigenvalue weighted by molar-refractivity contribution is 5.57. The van der Waals surface area contributed by atoms with E-state index < -0.39 is 5.76 Å². The Hall–Kier alpha value is -1.97. The Balaban J connectivity index is 2.88. The van der Waals surface area contributed by atoms with Gasteiger partial charge < -0.3 is 5.11 Å². The Morgan fingerprint density at radius 2 is 1.92 bits per heavy atom. The zero-order chi connectivity index (χ0) is 8.81. The number of allylic oxidation sites excluding steroid dienone is 1. The Morgan fingerprint density at radius 1 is 1.25 bits per heavy atom. The number of hydrogen-bond acceptors (Lipinski definition) is 2. The first kappa shape index (κ1) is 8.13. The lowest BCUT2D eigenvalue weighted by atomic mass is 10.2. The van der Waals surface area contributed by atoms with Gasteiger partial charge in [-0.15, -0.1) is 0 Å². The average Bonchev–Trinajstić information content (AvgIpc) is 2.16. The van der Waals surface area contributed by atoms with Crippen LogP contribution in [-0.2, 0) is 4.79 Å². The van der Waals surface area contributed by atoms with Crippen molar-refractivity contribution >= 4 is 5.94 Å². The molecule has 0 bridgehead atoms. The van der Waals surface area contributed by atoms with Gasteiger partial charge in [0.2, 0.25) is 0 Å². The summed E-state index contributed by atoms with van der Waals surface area (Å²) in [7, 11) is 0. The minimum absolute atomic E-state index is 0.571. The van der Waals surface area contributed by atoms with Crippen LogP contribution in [0.5, 0.6) is 0 Å². The van der Waals surface area contributed by atoms with Crippen molar-refractivity contribution in [3.05, 3.63) is 41.7 Å². The molecular formula is C10H6O2. The molecule has 0 atom stereocenters. The fraction of sp³-hybridized carbons (Fsp3) is 0. The van der Waals surface area contributed by atoms with Gasteiger partial charge in [-0.2, -0.15) is 0 Å². The second kappa shape index (κ2) is 4.02. The fourth-order valence-electron chi connectivity index (χ4n) is 0.678. The molecule has 1 N–H and O–H groups in total. The molecule has 0 aliphatic heterocycles. The summed E-state index contributed by atoms with van der Waals surface area (Å²) in [4.78, 5) is 9.81. The second-order valence-corrected chi connectivity index (χ2v) is 2.07. The lowest BCUT2D eigenvalue weighted by Crippen LogP contribution is -1.75. The molecule has 0 amide bonds. The SMILES string of the molecule is O=C=C(O)C#Cc1ccccc1. The summed E-state index contributed by atoms with van der Waals surface area (Å²) in [5.74, 6) is 5.56. The van der Waals surface area contributed by atoms with Gasteiger partial charge in [0.25, 0.3) is 5.76 Å². The first-order valence-corrected chi connectivity index (χ1v) is 3.34. The molecule has 0 saturated heterocycles. The van der Waals surface area contributed by atoms with E-state index in [1.54, 1.807) is 12.1 Å². The second-order valence-electron chi connectivity index (χ2n) is 2.07. The Bertz CT molecular complexity index is 362. The molecule has 1 rings (SSSR count). The summed E-state index contributed by atoms with van der Waals surface area (Å²) in [6.07, 6.45) is 0. The molecule has 1 aromatic carbocycles. The van der Waals surface area contributed by atoms with Crippen LogP contribution in [0.2, 0.25) is 0 Å². The minimum atomic E-state index is -0.571. The van der Waals surface area contributed by atoms with E-state index in [2.05, 4.69) is 11.8 Å². The highest BCUT2D eigenvalue weighted by atomic mass is 16.3. The number of aliphatic hydroxyl groups is 1. The summed E-state index contributed by atoms with van der Waals surface area (Å²) in [5, 5.41) is 8.64. The zero-order valence-corrected chi connectivity index (χ0v) is 6.24. The monoisotopic (exact) mass is 158 g/mol. The summed E-state index contributed by atoms with van der Waals surface area (Å²) >= 11 is 0. The number of hydrogen-bond donors (Lipinski definition) is 1. The maximum atomic E-state index is 9.81.